The Bertz CT molecular complexity index is 1070. The van der Waals surface area contributed by atoms with Crippen molar-refractivity contribution in [3.8, 4) is 22.7 Å². The molecule has 25 heavy (non-hydrogen) atoms. The first-order chi connectivity index (χ1) is 12.1. The van der Waals surface area contributed by atoms with E-state index in [2.05, 4.69) is 15.4 Å². The lowest BCUT2D eigenvalue weighted by atomic mass is 10.1. The molecule has 0 fully saturated rings. The lowest BCUT2D eigenvalue weighted by Crippen LogP contribution is -2.05. The summed E-state index contributed by atoms with van der Waals surface area (Å²) >= 11 is 0. The lowest BCUT2D eigenvalue weighted by Gasteiger charge is -2.07. The summed E-state index contributed by atoms with van der Waals surface area (Å²) in [5.41, 5.74) is 9.28. The molecule has 4 rings (SSSR count). The number of furan rings is 1. The maximum atomic E-state index is 11.2. The fourth-order valence-electron chi connectivity index (χ4n) is 2.67. The third kappa shape index (κ3) is 2.83. The van der Waals surface area contributed by atoms with Gasteiger partial charge in [-0.2, -0.15) is 4.52 Å². The zero-order chi connectivity index (χ0) is 17.4. The van der Waals surface area contributed by atoms with E-state index in [1.165, 1.54) is 6.92 Å². The van der Waals surface area contributed by atoms with Gasteiger partial charge in [-0.25, -0.2) is 4.98 Å². The van der Waals surface area contributed by atoms with Gasteiger partial charge in [0, 0.05) is 12.6 Å². The molecule has 0 spiro atoms. The van der Waals surface area contributed by atoms with Crippen LogP contribution >= 0.6 is 0 Å². The number of nitrogen functional groups attached to an aromatic ring is 1. The largest absolute Gasteiger partial charge is 0.461 e. The van der Waals surface area contributed by atoms with Crippen LogP contribution < -0.4 is 11.1 Å². The summed E-state index contributed by atoms with van der Waals surface area (Å²) in [4.78, 5) is 15.7. The second kappa shape index (κ2) is 5.79. The Morgan fingerprint density at radius 3 is 2.80 bits per heavy atom. The molecule has 7 nitrogen and oxygen atoms in total. The van der Waals surface area contributed by atoms with E-state index in [9.17, 15) is 4.79 Å². The minimum Gasteiger partial charge on any atom is -0.461 e. The monoisotopic (exact) mass is 333 g/mol. The number of nitrogens with one attached hydrogen (secondary N) is 1. The number of aromatic nitrogens is 3. The zero-order valence-electron chi connectivity index (χ0n) is 13.4. The van der Waals surface area contributed by atoms with Crippen molar-refractivity contribution in [2.45, 2.75) is 6.92 Å². The number of rotatable bonds is 3. The molecule has 0 unspecified atom stereocenters. The number of amides is 1. The molecule has 0 radical (unpaired) electrons. The number of anilines is 2. The average molecular weight is 333 g/mol. The standard InChI is InChI=1S/C18H15N5O2/c1-11(24)20-14-5-2-4-12(8-14)13-9-16(19)23-17(10-13)21-18(22-23)15-6-3-7-25-15/h2-10H,19H2,1H3,(H,20,24). The molecule has 0 aliphatic rings. The van der Waals surface area contributed by atoms with E-state index in [1.54, 1.807) is 22.9 Å². The van der Waals surface area contributed by atoms with Crippen molar-refractivity contribution >= 4 is 23.1 Å². The molecule has 0 saturated carbocycles. The van der Waals surface area contributed by atoms with Crippen molar-refractivity contribution in [2.24, 2.45) is 0 Å². The second-order valence-electron chi connectivity index (χ2n) is 5.61. The molecule has 7 heteroatoms. The number of hydrogen-bond acceptors (Lipinski definition) is 5. The van der Waals surface area contributed by atoms with Crippen molar-refractivity contribution in [2.75, 3.05) is 11.1 Å². The summed E-state index contributed by atoms with van der Waals surface area (Å²) in [5.74, 6) is 1.40. The van der Waals surface area contributed by atoms with Crippen LogP contribution in [0.3, 0.4) is 0 Å². The van der Waals surface area contributed by atoms with E-state index >= 15 is 0 Å². The van der Waals surface area contributed by atoms with Gasteiger partial charge in [0.1, 0.15) is 5.82 Å². The smallest absolute Gasteiger partial charge is 0.221 e. The lowest BCUT2D eigenvalue weighted by molar-refractivity contribution is -0.114. The first kappa shape index (κ1) is 14.9. The maximum absolute atomic E-state index is 11.2. The molecule has 1 aromatic carbocycles. The first-order valence-electron chi connectivity index (χ1n) is 7.68. The summed E-state index contributed by atoms with van der Waals surface area (Å²) in [6.07, 6.45) is 1.57. The predicted molar refractivity (Wildman–Crippen MR) is 94.8 cm³/mol. The molecular weight excluding hydrogens is 318 g/mol. The van der Waals surface area contributed by atoms with Gasteiger partial charge in [0.15, 0.2) is 11.4 Å². The number of nitrogens with two attached hydrogens (primary N) is 1. The highest BCUT2D eigenvalue weighted by Crippen LogP contribution is 2.27. The topological polar surface area (TPSA) is 98.5 Å². The average Bonchev–Trinajstić information content (AvgIpc) is 3.23. The van der Waals surface area contributed by atoms with E-state index < -0.39 is 0 Å². The molecule has 0 aliphatic carbocycles. The molecule has 3 aromatic heterocycles. The Morgan fingerprint density at radius 1 is 1.16 bits per heavy atom. The van der Waals surface area contributed by atoms with Gasteiger partial charge in [-0.3, -0.25) is 4.79 Å². The summed E-state index contributed by atoms with van der Waals surface area (Å²) in [5, 5.41) is 7.15. The van der Waals surface area contributed by atoms with Gasteiger partial charge < -0.3 is 15.5 Å². The molecule has 1 amide bonds. The quantitative estimate of drug-likeness (QED) is 0.600. The number of nitrogens with zero attached hydrogens (tertiary/aromatic N) is 3. The number of carbonyl (C=O) groups excluding carboxylic acids is 1. The van der Waals surface area contributed by atoms with E-state index in [0.717, 1.165) is 16.8 Å². The molecule has 0 saturated heterocycles. The van der Waals surface area contributed by atoms with Gasteiger partial charge in [0.25, 0.3) is 0 Å². The SMILES string of the molecule is CC(=O)Nc1cccc(-c2cc(N)n3nc(-c4ccco4)nc3c2)c1. The van der Waals surface area contributed by atoms with Crippen molar-refractivity contribution in [1.29, 1.82) is 0 Å². The fourth-order valence-corrected chi connectivity index (χ4v) is 2.67. The Balaban J connectivity index is 1.79. The third-order valence-electron chi connectivity index (χ3n) is 3.72. The Morgan fingerprint density at radius 2 is 2.04 bits per heavy atom. The minimum absolute atomic E-state index is 0.118. The molecule has 4 aromatic rings. The van der Waals surface area contributed by atoms with Crippen LogP contribution in [0.2, 0.25) is 0 Å². The number of carbonyl (C=O) groups is 1. The summed E-state index contributed by atoms with van der Waals surface area (Å²) in [6.45, 7) is 1.48. The van der Waals surface area contributed by atoms with E-state index in [0.29, 0.717) is 23.0 Å². The van der Waals surface area contributed by atoms with Crippen LogP contribution in [0.1, 0.15) is 6.92 Å². The van der Waals surface area contributed by atoms with Crippen LogP contribution in [0.5, 0.6) is 0 Å². The number of benzene rings is 1. The van der Waals surface area contributed by atoms with Gasteiger partial charge in [0.2, 0.25) is 11.7 Å². The third-order valence-corrected chi connectivity index (χ3v) is 3.72. The maximum Gasteiger partial charge on any atom is 0.221 e. The second-order valence-corrected chi connectivity index (χ2v) is 5.61. The molecular formula is C18H15N5O2. The van der Waals surface area contributed by atoms with Gasteiger partial charge >= 0.3 is 0 Å². The van der Waals surface area contributed by atoms with E-state index in [-0.39, 0.29) is 5.91 Å². The molecule has 0 bridgehead atoms. The van der Waals surface area contributed by atoms with E-state index in [1.807, 2.05) is 36.4 Å². The van der Waals surface area contributed by atoms with Gasteiger partial charge in [0.05, 0.1) is 6.26 Å². The molecule has 3 N–H and O–H groups in total. The van der Waals surface area contributed by atoms with Gasteiger partial charge in [-0.1, -0.05) is 12.1 Å². The minimum atomic E-state index is -0.118. The van der Waals surface area contributed by atoms with Crippen LogP contribution in [0.25, 0.3) is 28.4 Å². The van der Waals surface area contributed by atoms with Crippen LogP contribution in [0.4, 0.5) is 11.5 Å². The van der Waals surface area contributed by atoms with Gasteiger partial charge in [-0.05, 0) is 47.5 Å². The normalized spacial score (nSPS) is 10.9. The Kier molecular flexibility index (Phi) is 3.46. The number of fused-ring (bicyclic) bond motifs is 1. The summed E-state index contributed by atoms with van der Waals surface area (Å²) in [7, 11) is 0. The number of hydrogen-bond donors (Lipinski definition) is 2. The van der Waals surface area contributed by atoms with Crippen molar-refractivity contribution in [3.63, 3.8) is 0 Å². The van der Waals surface area contributed by atoms with E-state index in [4.69, 9.17) is 10.2 Å². The number of pyridine rings is 1. The predicted octanol–water partition coefficient (Wildman–Crippen LogP) is 3.20. The zero-order valence-corrected chi connectivity index (χ0v) is 13.4. The van der Waals surface area contributed by atoms with Crippen LogP contribution in [-0.2, 0) is 4.79 Å². The Labute approximate surface area is 143 Å². The highest BCUT2D eigenvalue weighted by atomic mass is 16.3. The summed E-state index contributed by atoms with van der Waals surface area (Å²) in [6, 6.07) is 14.8. The highest BCUT2D eigenvalue weighted by Gasteiger charge is 2.12. The van der Waals surface area contributed by atoms with Crippen molar-refractivity contribution < 1.29 is 9.21 Å². The van der Waals surface area contributed by atoms with Crippen molar-refractivity contribution in [1.82, 2.24) is 14.6 Å². The first-order valence-corrected chi connectivity index (χ1v) is 7.68. The van der Waals surface area contributed by atoms with Crippen molar-refractivity contribution in [3.05, 3.63) is 54.8 Å². The fraction of sp³-hybridized carbons (Fsp3) is 0.0556. The van der Waals surface area contributed by atoms with Crippen LogP contribution in [-0.4, -0.2) is 20.5 Å². The van der Waals surface area contributed by atoms with Crippen LogP contribution in [0, 0.1) is 0 Å². The summed E-state index contributed by atoms with van der Waals surface area (Å²) < 4.78 is 6.91. The van der Waals surface area contributed by atoms with Gasteiger partial charge in [-0.15, -0.1) is 5.10 Å². The molecule has 3 heterocycles. The Hall–Kier alpha value is -3.61. The highest BCUT2D eigenvalue weighted by molar-refractivity contribution is 5.89. The van der Waals surface area contributed by atoms with Crippen LogP contribution in [0.15, 0.2) is 59.2 Å². The molecule has 0 atom stereocenters. The molecule has 124 valence electrons. The molecule has 0 aliphatic heterocycles.